The third-order valence-electron chi connectivity index (χ3n) is 6.35. The largest absolute Gasteiger partial charge is 0.399 e. The van der Waals surface area contributed by atoms with E-state index in [9.17, 15) is 4.79 Å². The normalized spacial score (nSPS) is 21.7. The standard InChI is InChI=1S/C22H28N6O/c1-15-11-17(23)4-5-19(15)27-9-7-26(8-10-27)14-16-12-18-21(24-13-16)28-6-2-3-20(28)22(29)25-18/h4-5,11-13,20H,2-3,6-10,14,23H2,1H3,(H,25,29)/t20-/m0/s1. The Morgan fingerprint density at radius 2 is 2.00 bits per heavy atom. The number of amides is 1. The van der Waals surface area contributed by atoms with E-state index in [4.69, 9.17) is 10.7 Å². The lowest BCUT2D eigenvalue weighted by molar-refractivity contribution is -0.117. The number of rotatable bonds is 3. The monoisotopic (exact) mass is 392 g/mol. The number of nitrogens with two attached hydrogens (primary N) is 1. The van der Waals surface area contributed by atoms with E-state index in [1.807, 2.05) is 18.3 Å². The average Bonchev–Trinajstić information content (AvgIpc) is 3.20. The first-order valence-electron chi connectivity index (χ1n) is 10.5. The molecule has 3 aliphatic heterocycles. The number of benzene rings is 1. The number of nitrogens with one attached hydrogen (secondary N) is 1. The van der Waals surface area contributed by atoms with Crippen LogP contribution in [0.4, 0.5) is 22.9 Å². The van der Waals surface area contributed by atoms with Crippen LogP contribution in [0.3, 0.4) is 0 Å². The lowest BCUT2D eigenvalue weighted by Crippen LogP contribution is -2.46. The van der Waals surface area contributed by atoms with E-state index in [2.05, 4.69) is 39.1 Å². The highest BCUT2D eigenvalue weighted by Crippen LogP contribution is 2.35. The average molecular weight is 393 g/mol. The molecule has 1 aromatic carbocycles. The molecule has 0 bridgehead atoms. The molecule has 0 radical (unpaired) electrons. The quantitative estimate of drug-likeness (QED) is 0.780. The predicted octanol–water partition coefficient (Wildman–Crippen LogP) is 2.22. The van der Waals surface area contributed by atoms with Gasteiger partial charge in [0.15, 0.2) is 5.82 Å². The highest BCUT2D eigenvalue weighted by Gasteiger charge is 2.37. The van der Waals surface area contributed by atoms with Crippen LogP contribution in [0.25, 0.3) is 0 Å². The third kappa shape index (κ3) is 3.40. The van der Waals surface area contributed by atoms with E-state index in [0.29, 0.717) is 0 Å². The number of fused-ring (bicyclic) bond motifs is 3. The maximum absolute atomic E-state index is 12.4. The number of anilines is 4. The molecule has 7 heteroatoms. The van der Waals surface area contributed by atoms with E-state index < -0.39 is 0 Å². The lowest BCUT2D eigenvalue weighted by Gasteiger charge is -2.37. The first-order valence-corrected chi connectivity index (χ1v) is 10.5. The van der Waals surface area contributed by atoms with Gasteiger partial charge < -0.3 is 20.9 Å². The van der Waals surface area contributed by atoms with Gasteiger partial charge in [-0.3, -0.25) is 9.69 Å². The van der Waals surface area contributed by atoms with E-state index in [-0.39, 0.29) is 11.9 Å². The van der Waals surface area contributed by atoms with Gasteiger partial charge in [-0.05, 0) is 55.2 Å². The van der Waals surface area contributed by atoms with Crippen molar-refractivity contribution in [2.75, 3.05) is 53.6 Å². The van der Waals surface area contributed by atoms with E-state index >= 15 is 0 Å². The predicted molar refractivity (Wildman–Crippen MR) is 116 cm³/mol. The summed E-state index contributed by atoms with van der Waals surface area (Å²) in [5.74, 6) is 1.04. The number of carbonyl (C=O) groups excluding carboxylic acids is 1. The van der Waals surface area contributed by atoms with Gasteiger partial charge in [0.2, 0.25) is 5.91 Å². The number of hydrogen-bond acceptors (Lipinski definition) is 6. The molecule has 1 atom stereocenters. The van der Waals surface area contributed by atoms with Gasteiger partial charge >= 0.3 is 0 Å². The number of nitrogen functional groups attached to an aromatic ring is 1. The maximum Gasteiger partial charge on any atom is 0.247 e. The smallest absolute Gasteiger partial charge is 0.247 e. The Labute approximate surface area is 171 Å². The van der Waals surface area contributed by atoms with Crippen LogP contribution < -0.4 is 20.9 Å². The Morgan fingerprint density at radius 3 is 2.79 bits per heavy atom. The molecular formula is C22H28N6O. The second-order valence-corrected chi connectivity index (χ2v) is 8.36. The number of pyridine rings is 1. The molecule has 2 saturated heterocycles. The van der Waals surface area contributed by atoms with Crippen LogP contribution in [-0.4, -0.2) is 54.6 Å². The second-order valence-electron chi connectivity index (χ2n) is 8.36. The summed E-state index contributed by atoms with van der Waals surface area (Å²) in [6, 6.07) is 8.21. The molecule has 0 unspecified atom stereocenters. The summed E-state index contributed by atoms with van der Waals surface area (Å²) >= 11 is 0. The van der Waals surface area contributed by atoms with Crippen LogP contribution in [-0.2, 0) is 11.3 Å². The first-order chi connectivity index (χ1) is 14.1. The second kappa shape index (κ2) is 7.22. The van der Waals surface area contributed by atoms with Crippen molar-refractivity contribution in [3.63, 3.8) is 0 Å². The Balaban J connectivity index is 1.24. The minimum absolute atomic E-state index is 0.0364. The zero-order valence-electron chi connectivity index (χ0n) is 16.9. The van der Waals surface area contributed by atoms with Gasteiger partial charge in [-0.1, -0.05) is 0 Å². The van der Waals surface area contributed by atoms with Crippen molar-refractivity contribution < 1.29 is 4.79 Å². The van der Waals surface area contributed by atoms with Crippen molar-refractivity contribution in [3.8, 4) is 0 Å². The molecule has 152 valence electrons. The number of carbonyl (C=O) groups is 1. The van der Waals surface area contributed by atoms with Gasteiger partial charge in [0, 0.05) is 56.8 Å². The van der Waals surface area contributed by atoms with Crippen molar-refractivity contribution in [1.29, 1.82) is 0 Å². The van der Waals surface area contributed by atoms with Crippen molar-refractivity contribution in [2.45, 2.75) is 32.4 Å². The van der Waals surface area contributed by atoms with Crippen LogP contribution in [0, 0.1) is 6.92 Å². The Bertz CT molecular complexity index is 937. The van der Waals surface area contributed by atoms with Crippen molar-refractivity contribution in [3.05, 3.63) is 41.6 Å². The zero-order valence-corrected chi connectivity index (χ0v) is 16.9. The molecule has 2 fully saturated rings. The van der Waals surface area contributed by atoms with Crippen molar-refractivity contribution >= 4 is 28.8 Å². The molecule has 29 heavy (non-hydrogen) atoms. The van der Waals surface area contributed by atoms with Crippen LogP contribution in [0.1, 0.15) is 24.0 Å². The molecule has 2 aromatic rings. The Morgan fingerprint density at radius 1 is 1.17 bits per heavy atom. The Hall–Kier alpha value is -2.80. The third-order valence-corrected chi connectivity index (χ3v) is 6.35. The van der Waals surface area contributed by atoms with E-state index in [1.54, 1.807) is 0 Å². The summed E-state index contributed by atoms with van der Waals surface area (Å²) in [5.41, 5.74) is 11.2. The number of aryl methyl sites for hydroxylation is 1. The number of piperazine rings is 1. The van der Waals surface area contributed by atoms with E-state index in [1.165, 1.54) is 11.3 Å². The van der Waals surface area contributed by atoms with Gasteiger partial charge in [-0.15, -0.1) is 0 Å². The molecule has 3 N–H and O–H groups in total. The first kappa shape index (κ1) is 18.2. The van der Waals surface area contributed by atoms with E-state index in [0.717, 1.165) is 74.9 Å². The van der Waals surface area contributed by atoms with Crippen molar-refractivity contribution in [2.24, 2.45) is 0 Å². The van der Waals surface area contributed by atoms with Crippen LogP contribution in [0.2, 0.25) is 0 Å². The van der Waals surface area contributed by atoms with Gasteiger partial charge in [0.1, 0.15) is 6.04 Å². The minimum atomic E-state index is -0.0364. The summed E-state index contributed by atoms with van der Waals surface area (Å²) in [5, 5.41) is 3.07. The summed E-state index contributed by atoms with van der Waals surface area (Å²) in [4.78, 5) is 24.1. The maximum atomic E-state index is 12.4. The fraction of sp³-hybridized carbons (Fsp3) is 0.455. The minimum Gasteiger partial charge on any atom is -0.399 e. The van der Waals surface area contributed by atoms with Crippen molar-refractivity contribution in [1.82, 2.24) is 9.88 Å². The van der Waals surface area contributed by atoms with Crippen LogP contribution in [0.15, 0.2) is 30.5 Å². The fourth-order valence-electron chi connectivity index (χ4n) is 4.86. The molecule has 1 aromatic heterocycles. The summed E-state index contributed by atoms with van der Waals surface area (Å²) in [6.07, 6.45) is 3.95. The van der Waals surface area contributed by atoms with Crippen LogP contribution in [0.5, 0.6) is 0 Å². The zero-order chi connectivity index (χ0) is 20.0. The lowest BCUT2D eigenvalue weighted by atomic mass is 10.1. The molecular weight excluding hydrogens is 364 g/mol. The molecule has 7 nitrogen and oxygen atoms in total. The van der Waals surface area contributed by atoms with Gasteiger partial charge in [0.05, 0.1) is 5.69 Å². The topological polar surface area (TPSA) is 77.7 Å². The highest BCUT2D eigenvalue weighted by molar-refractivity contribution is 6.03. The van der Waals surface area contributed by atoms with Gasteiger partial charge in [0.25, 0.3) is 0 Å². The fourth-order valence-corrected chi connectivity index (χ4v) is 4.86. The molecule has 1 amide bonds. The molecule has 0 aliphatic carbocycles. The number of aromatic nitrogens is 1. The molecule has 5 rings (SSSR count). The number of nitrogens with zero attached hydrogens (tertiary/aromatic N) is 4. The Kier molecular flexibility index (Phi) is 4.54. The summed E-state index contributed by atoms with van der Waals surface area (Å²) < 4.78 is 0. The molecule has 0 spiro atoms. The highest BCUT2D eigenvalue weighted by atomic mass is 16.2. The SMILES string of the molecule is Cc1cc(N)ccc1N1CCN(Cc2cnc3c(c2)NC(=O)[C@@H]2CCCN32)CC1. The summed E-state index contributed by atoms with van der Waals surface area (Å²) in [6.45, 7) is 7.89. The number of hydrogen-bond donors (Lipinski definition) is 2. The van der Waals surface area contributed by atoms with Gasteiger partial charge in [-0.2, -0.15) is 0 Å². The summed E-state index contributed by atoms with van der Waals surface area (Å²) in [7, 11) is 0. The molecule has 0 saturated carbocycles. The molecule has 3 aliphatic rings. The molecule has 4 heterocycles. The van der Waals surface area contributed by atoms with Crippen LogP contribution >= 0.6 is 0 Å². The van der Waals surface area contributed by atoms with Gasteiger partial charge in [-0.25, -0.2) is 4.98 Å².